The molecule has 0 atom stereocenters. The van der Waals surface area contributed by atoms with Crippen molar-refractivity contribution in [3.8, 4) is 45.3 Å². The van der Waals surface area contributed by atoms with Crippen molar-refractivity contribution in [2.24, 2.45) is 7.05 Å². The van der Waals surface area contributed by atoms with Crippen LogP contribution in [0, 0.1) is 0 Å². The van der Waals surface area contributed by atoms with Gasteiger partial charge in [0, 0.05) is 34.0 Å². The number of pyridine rings is 4. The fraction of sp³-hybridized carbons (Fsp3) is 0.0244. The molecule has 0 unspecified atom stereocenters. The lowest BCUT2D eigenvalue weighted by molar-refractivity contribution is -0.617. The minimum atomic E-state index is 0.731. The maximum absolute atomic E-state index is 5.18. The molecule has 6 nitrogen and oxygen atoms in total. The first-order valence-corrected chi connectivity index (χ1v) is 15.6. The van der Waals surface area contributed by atoms with Crippen molar-refractivity contribution in [2.75, 3.05) is 0 Å². The molecule has 5 aromatic heterocycles. The number of hydrogen-bond acceptors (Lipinski definition) is 5. The highest BCUT2D eigenvalue weighted by Gasteiger charge is 2.20. The summed E-state index contributed by atoms with van der Waals surface area (Å²) in [4.78, 5) is 24.5. The van der Waals surface area contributed by atoms with E-state index in [1.165, 1.54) is 0 Å². The van der Waals surface area contributed by atoms with Gasteiger partial charge in [-0.1, -0.05) is 72.8 Å². The van der Waals surface area contributed by atoms with Gasteiger partial charge < -0.3 is 0 Å². The van der Waals surface area contributed by atoms with Gasteiger partial charge in [-0.25, -0.2) is 24.9 Å². The minimum Gasteiger partial charge on any atom is -0.248 e. The smallest absolute Gasteiger partial charge is 0.213 e. The number of nitrogens with zero attached hydrogens (tertiary/aromatic N) is 6. The van der Waals surface area contributed by atoms with Crippen LogP contribution in [-0.2, 0) is 7.05 Å². The Morgan fingerprint density at radius 2 is 0.809 bits per heavy atom. The first-order valence-electron chi connectivity index (χ1n) is 15.6. The van der Waals surface area contributed by atoms with Crippen molar-refractivity contribution < 1.29 is 4.57 Å². The van der Waals surface area contributed by atoms with E-state index in [0.29, 0.717) is 0 Å². The summed E-state index contributed by atoms with van der Waals surface area (Å²) in [5.74, 6) is 0. The molecule has 6 heteroatoms. The lowest BCUT2D eigenvalue weighted by Crippen LogP contribution is -2.30. The van der Waals surface area contributed by atoms with E-state index in [9.17, 15) is 0 Å². The molecule has 0 saturated carbocycles. The number of hydrogen-bond donors (Lipinski definition) is 0. The Morgan fingerprint density at radius 3 is 1.34 bits per heavy atom. The van der Waals surface area contributed by atoms with Gasteiger partial charge in [-0.3, -0.25) is 0 Å². The fourth-order valence-electron chi connectivity index (χ4n) is 6.69. The Bertz CT molecular complexity index is 2550. The summed E-state index contributed by atoms with van der Waals surface area (Å²) in [7, 11) is 2.11. The third kappa shape index (κ3) is 4.50. The summed E-state index contributed by atoms with van der Waals surface area (Å²) in [5.41, 5.74) is 11.1. The van der Waals surface area contributed by atoms with Crippen LogP contribution in [0.1, 0.15) is 0 Å². The maximum atomic E-state index is 5.18. The Hall–Kier alpha value is -6.40. The van der Waals surface area contributed by atoms with Crippen LogP contribution in [0.2, 0.25) is 0 Å². The van der Waals surface area contributed by atoms with Crippen LogP contribution < -0.4 is 4.57 Å². The van der Waals surface area contributed by atoms with E-state index in [1.54, 1.807) is 6.33 Å². The average Bonchev–Trinajstić information content (AvgIpc) is 3.14. The number of fused-ring (bicyclic) bond motifs is 4. The summed E-state index contributed by atoms with van der Waals surface area (Å²) in [6.45, 7) is 0. The summed E-state index contributed by atoms with van der Waals surface area (Å²) in [6.07, 6.45) is 1.60. The van der Waals surface area contributed by atoms with Gasteiger partial charge in [0.15, 0.2) is 0 Å². The van der Waals surface area contributed by atoms with Gasteiger partial charge in [0.1, 0.15) is 13.4 Å². The average molecular weight is 604 g/mol. The predicted molar refractivity (Wildman–Crippen MR) is 188 cm³/mol. The second-order valence-corrected chi connectivity index (χ2v) is 11.6. The van der Waals surface area contributed by atoms with Crippen LogP contribution in [0.25, 0.3) is 88.9 Å². The Labute approximate surface area is 270 Å². The SMILES string of the molecule is C[n+]1c2ccccc2c(-c2cccc(-c3cc(-c4cccc(-c5c6ccccc6nc6ccccc56)n4)ncn3)n2)c2ccccc21. The van der Waals surface area contributed by atoms with Crippen LogP contribution in [0.3, 0.4) is 0 Å². The van der Waals surface area contributed by atoms with E-state index in [4.69, 9.17) is 15.0 Å². The van der Waals surface area contributed by atoms with E-state index < -0.39 is 0 Å². The van der Waals surface area contributed by atoms with E-state index in [-0.39, 0.29) is 0 Å². The fourth-order valence-corrected chi connectivity index (χ4v) is 6.69. The van der Waals surface area contributed by atoms with Crippen LogP contribution in [0.5, 0.6) is 0 Å². The Morgan fingerprint density at radius 1 is 0.383 bits per heavy atom. The number of benzene rings is 4. The molecule has 5 heterocycles. The number of aromatic nitrogens is 6. The van der Waals surface area contributed by atoms with E-state index >= 15 is 0 Å². The highest BCUT2D eigenvalue weighted by Crippen LogP contribution is 2.36. The number of rotatable bonds is 4. The lowest BCUT2D eigenvalue weighted by atomic mass is 9.98. The Kier molecular flexibility index (Phi) is 6.25. The standard InChI is InChI=1S/C41H27N6/c1-47-38-22-8-4-14-28(38)41(29-15-5-9-23-39(29)47)35-21-11-19-33(46-35)37-24-36(42-25-43-37)32-18-10-20-34(45-32)40-26-12-2-6-16-30(26)44-31-17-7-3-13-27(31)40/h2-25H,1H3/q+1. The van der Waals surface area contributed by atoms with Crippen LogP contribution in [0.4, 0.5) is 0 Å². The largest absolute Gasteiger partial charge is 0.248 e. The quantitative estimate of drug-likeness (QED) is 0.149. The molecule has 9 aromatic rings. The zero-order valence-electron chi connectivity index (χ0n) is 25.5. The third-order valence-electron chi connectivity index (χ3n) is 8.86. The molecule has 0 radical (unpaired) electrons. The van der Waals surface area contributed by atoms with Crippen LogP contribution >= 0.6 is 0 Å². The molecule has 9 rings (SSSR count). The van der Waals surface area contributed by atoms with Crippen molar-refractivity contribution in [3.05, 3.63) is 146 Å². The van der Waals surface area contributed by atoms with Gasteiger partial charge in [0.2, 0.25) is 11.0 Å². The van der Waals surface area contributed by atoms with Crippen molar-refractivity contribution in [1.29, 1.82) is 0 Å². The highest BCUT2D eigenvalue weighted by molar-refractivity contribution is 6.09. The van der Waals surface area contributed by atoms with Crippen LogP contribution in [-0.4, -0.2) is 24.9 Å². The molecule has 4 aromatic carbocycles. The Balaban J connectivity index is 1.17. The molecular formula is C41H27N6+. The van der Waals surface area contributed by atoms with E-state index in [0.717, 1.165) is 88.9 Å². The van der Waals surface area contributed by atoms with E-state index in [2.05, 4.69) is 100 Å². The summed E-state index contributed by atoms with van der Waals surface area (Å²) < 4.78 is 2.24. The monoisotopic (exact) mass is 603 g/mol. The van der Waals surface area contributed by atoms with Gasteiger partial charge in [0.05, 0.1) is 56.0 Å². The zero-order valence-corrected chi connectivity index (χ0v) is 25.5. The molecule has 47 heavy (non-hydrogen) atoms. The molecule has 0 fully saturated rings. The first-order chi connectivity index (χ1) is 23.2. The number of para-hydroxylation sites is 4. The first kappa shape index (κ1) is 27.0. The molecule has 0 amide bonds. The summed E-state index contributed by atoms with van der Waals surface area (Å²) >= 11 is 0. The molecule has 220 valence electrons. The van der Waals surface area contributed by atoms with Gasteiger partial charge in [-0.15, -0.1) is 0 Å². The van der Waals surface area contributed by atoms with Crippen LogP contribution in [0.15, 0.2) is 146 Å². The molecule has 0 aliphatic carbocycles. The molecule has 0 aliphatic rings. The van der Waals surface area contributed by atoms with Crippen molar-refractivity contribution >= 4 is 43.6 Å². The zero-order chi connectivity index (χ0) is 31.3. The van der Waals surface area contributed by atoms with Crippen molar-refractivity contribution in [2.45, 2.75) is 0 Å². The van der Waals surface area contributed by atoms with Gasteiger partial charge in [-0.05, 0) is 54.6 Å². The predicted octanol–water partition coefficient (Wildman–Crippen LogP) is 8.77. The molecule has 0 saturated heterocycles. The molecule has 0 spiro atoms. The summed E-state index contributed by atoms with van der Waals surface area (Å²) in [6, 6.07) is 47.6. The maximum Gasteiger partial charge on any atom is 0.213 e. The van der Waals surface area contributed by atoms with Gasteiger partial charge in [0.25, 0.3) is 0 Å². The van der Waals surface area contributed by atoms with E-state index in [1.807, 2.05) is 60.7 Å². The van der Waals surface area contributed by atoms with Crippen molar-refractivity contribution in [1.82, 2.24) is 24.9 Å². The minimum absolute atomic E-state index is 0.731. The molecule has 0 bridgehead atoms. The normalized spacial score (nSPS) is 11.5. The second-order valence-electron chi connectivity index (χ2n) is 11.6. The summed E-state index contributed by atoms with van der Waals surface area (Å²) in [5, 5.41) is 4.43. The lowest BCUT2D eigenvalue weighted by Gasteiger charge is -2.12. The number of aryl methyl sites for hydroxylation is 1. The highest BCUT2D eigenvalue weighted by atomic mass is 14.9. The second kappa shape index (κ2) is 10.9. The van der Waals surface area contributed by atoms with Crippen molar-refractivity contribution in [3.63, 3.8) is 0 Å². The molecule has 0 aliphatic heterocycles. The topological polar surface area (TPSA) is 68.3 Å². The molecule has 0 N–H and O–H groups in total. The third-order valence-corrected chi connectivity index (χ3v) is 8.86. The van der Waals surface area contributed by atoms with Gasteiger partial charge in [-0.2, -0.15) is 4.57 Å². The molecular weight excluding hydrogens is 576 g/mol. The van der Waals surface area contributed by atoms with Gasteiger partial charge >= 0.3 is 0 Å².